The zero-order chi connectivity index (χ0) is 35.3. The molecule has 6 aromatic carbocycles. The van der Waals surface area contributed by atoms with E-state index in [0.717, 1.165) is 55.7 Å². The standard InChI is InChI=1S/C47H31N5O.Pd/c1-47(2)38-17-7-9-20-41(38)52(46-39(47)18-11-25-48-46)31-14-10-15-32(28-31)53-33-21-22-34-35-23-24-42-43(44(35)50-27-26-49-45(50)37(34)29-33)36-16-6-8-19-40(36)51(42)30-12-4-3-5-13-30;/h3-27H,1-2H3;/q-2;+2. The Morgan fingerprint density at radius 3 is 2.30 bits per heavy atom. The number of rotatable bonds is 4. The van der Waals surface area contributed by atoms with Gasteiger partial charge in [0.05, 0.1) is 16.7 Å². The van der Waals surface area contributed by atoms with Crippen LogP contribution in [0.4, 0.5) is 17.2 Å². The van der Waals surface area contributed by atoms with Crippen molar-refractivity contribution in [3.63, 3.8) is 0 Å². The third-order valence-corrected chi connectivity index (χ3v) is 10.8. The molecule has 7 heteroatoms. The number of ether oxygens (including phenoxy) is 1. The molecule has 6 nitrogen and oxygen atoms in total. The second-order valence-corrected chi connectivity index (χ2v) is 14.1. The number of fused-ring (bicyclic) bond motifs is 12. The van der Waals surface area contributed by atoms with Crippen LogP contribution < -0.4 is 9.64 Å². The van der Waals surface area contributed by atoms with Gasteiger partial charge in [0.15, 0.2) is 0 Å². The molecule has 0 amide bonds. The smallest absolute Gasteiger partial charge is 0.503 e. The van der Waals surface area contributed by atoms with Gasteiger partial charge in [-0.25, -0.2) is 4.98 Å². The first-order chi connectivity index (χ1) is 26.1. The van der Waals surface area contributed by atoms with Gasteiger partial charge in [0, 0.05) is 68.7 Å². The molecule has 4 aromatic heterocycles. The topological polar surface area (TPSA) is 47.6 Å². The van der Waals surface area contributed by atoms with Crippen molar-refractivity contribution < 1.29 is 25.2 Å². The number of hydrogen-bond donors (Lipinski definition) is 0. The molecule has 0 unspecified atom stereocenters. The molecule has 0 atom stereocenters. The SMILES string of the molecule is CC1(C)c2ccccc2N(c2[c-]c(Oc3[c-]c4c(cc3)c3ccc5c(c6ccccc6n5-c5ccccc5)c3n3ccnc43)ccc2)c2ncccc21.[Pd+2]. The van der Waals surface area contributed by atoms with Gasteiger partial charge in [-0.15, -0.1) is 30.3 Å². The largest absolute Gasteiger partial charge is 2.00 e. The van der Waals surface area contributed by atoms with E-state index in [1.54, 1.807) is 0 Å². The van der Waals surface area contributed by atoms with Gasteiger partial charge in [-0.3, -0.25) is 4.98 Å². The van der Waals surface area contributed by atoms with Gasteiger partial charge < -0.3 is 18.6 Å². The van der Waals surface area contributed by atoms with Crippen LogP contribution in [0.2, 0.25) is 0 Å². The second-order valence-electron chi connectivity index (χ2n) is 14.1. The minimum absolute atomic E-state index is 0. The maximum atomic E-state index is 6.55. The van der Waals surface area contributed by atoms with Crippen molar-refractivity contribution in [2.75, 3.05) is 4.90 Å². The molecule has 5 heterocycles. The molecule has 0 saturated heterocycles. The fourth-order valence-electron chi connectivity index (χ4n) is 8.48. The van der Waals surface area contributed by atoms with Gasteiger partial charge in [0.25, 0.3) is 0 Å². The fourth-order valence-corrected chi connectivity index (χ4v) is 8.48. The first-order valence-corrected chi connectivity index (χ1v) is 17.8. The zero-order valence-corrected chi connectivity index (χ0v) is 30.9. The Balaban J connectivity index is 0.00000361. The molecular formula is C47H31N5OPd. The molecule has 1 aliphatic heterocycles. The Bertz CT molecular complexity index is 3040. The predicted molar refractivity (Wildman–Crippen MR) is 213 cm³/mol. The Labute approximate surface area is 325 Å². The van der Waals surface area contributed by atoms with Crippen molar-refractivity contribution in [1.82, 2.24) is 18.9 Å². The maximum Gasteiger partial charge on any atom is 2.00 e. The van der Waals surface area contributed by atoms with Gasteiger partial charge in [-0.1, -0.05) is 103 Å². The molecule has 0 N–H and O–H groups in total. The number of aromatic nitrogens is 4. The summed E-state index contributed by atoms with van der Waals surface area (Å²) >= 11 is 0. The van der Waals surface area contributed by atoms with Gasteiger partial charge in [-0.2, -0.15) is 6.07 Å². The monoisotopic (exact) mass is 787 g/mol. The minimum Gasteiger partial charge on any atom is -0.503 e. The minimum atomic E-state index is -0.196. The molecule has 0 saturated carbocycles. The molecule has 0 spiro atoms. The average Bonchev–Trinajstić information content (AvgIpc) is 3.83. The molecular weight excluding hydrogens is 757 g/mol. The van der Waals surface area contributed by atoms with E-state index in [1.165, 1.54) is 27.4 Å². The van der Waals surface area contributed by atoms with Gasteiger partial charge >= 0.3 is 20.4 Å². The molecule has 0 aliphatic carbocycles. The summed E-state index contributed by atoms with van der Waals surface area (Å²) in [6.07, 6.45) is 5.77. The van der Waals surface area contributed by atoms with Gasteiger partial charge in [-0.05, 0) is 47.3 Å². The number of pyridine rings is 2. The van der Waals surface area contributed by atoms with E-state index in [2.05, 4.69) is 149 Å². The first kappa shape index (κ1) is 32.4. The number of nitrogens with zero attached hydrogens (tertiary/aromatic N) is 5. The van der Waals surface area contributed by atoms with E-state index >= 15 is 0 Å². The summed E-state index contributed by atoms with van der Waals surface area (Å²) in [5, 5.41) is 5.48. The number of hydrogen-bond acceptors (Lipinski definition) is 4. The Morgan fingerprint density at radius 1 is 0.611 bits per heavy atom. The Kier molecular flexibility index (Phi) is 7.29. The average molecular weight is 788 g/mol. The van der Waals surface area contributed by atoms with E-state index < -0.39 is 0 Å². The Morgan fingerprint density at radius 2 is 1.39 bits per heavy atom. The predicted octanol–water partition coefficient (Wildman–Crippen LogP) is 11.6. The van der Waals surface area contributed by atoms with Crippen LogP contribution >= 0.6 is 0 Å². The van der Waals surface area contributed by atoms with Crippen LogP contribution in [-0.2, 0) is 25.8 Å². The fraction of sp³-hybridized carbons (Fsp3) is 0.0638. The number of imidazole rings is 1. The van der Waals surface area contributed by atoms with Crippen LogP contribution in [0, 0.1) is 12.1 Å². The van der Waals surface area contributed by atoms with Crippen LogP contribution in [0.5, 0.6) is 11.5 Å². The third-order valence-electron chi connectivity index (χ3n) is 10.8. The summed E-state index contributed by atoms with van der Waals surface area (Å²) in [5.74, 6) is 2.08. The van der Waals surface area contributed by atoms with Crippen molar-refractivity contribution in [2.45, 2.75) is 19.3 Å². The number of benzene rings is 6. The molecule has 0 fully saturated rings. The normalized spacial score (nSPS) is 13.3. The van der Waals surface area contributed by atoms with Crippen LogP contribution in [0.1, 0.15) is 25.0 Å². The van der Waals surface area contributed by atoms with Crippen molar-refractivity contribution in [1.29, 1.82) is 0 Å². The summed E-state index contributed by atoms with van der Waals surface area (Å²) in [7, 11) is 0. The molecule has 11 rings (SSSR count). The summed E-state index contributed by atoms with van der Waals surface area (Å²) in [5.41, 5.74) is 9.54. The molecule has 0 radical (unpaired) electrons. The van der Waals surface area contributed by atoms with E-state index in [9.17, 15) is 0 Å². The molecule has 260 valence electrons. The zero-order valence-electron chi connectivity index (χ0n) is 29.4. The van der Waals surface area contributed by atoms with Crippen LogP contribution in [0.15, 0.2) is 152 Å². The summed E-state index contributed by atoms with van der Waals surface area (Å²) in [6.45, 7) is 4.52. The van der Waals surface area contributed by atoms with Gasteiger partial charge in [0.2, 0.25) is 0 Å². The maximum absolute atomic E-state index is 6.55. The number of anilines is 3. The summed E-state index contributed by atoms with van der Waals surface area (Å²) in [6, 6.07) is 53.7. The van der Waals surface area contributed by atoms with E-state index in [1.807, 2.05) is 42.9 Å². The quantitative estimate of drug-likeness (QED) is 0.101. The summed E-state index contributed by atoms with van der Waals surface area (Å²) in [4.78, 5) is 11.9. The molecule has 54 heavy (non-hydrogen) atoms. The van der Waals surface area contributed by atoms with Crippen molar-refractivity contribution in [3.8, 4) is 17.2 Å². The van der Waals surface area contributed by atoms with E-state index in [0.29, 0.717) is 11.5 Å². The Hall–Kier alpha value is -6.26. The van der Waals surface area contributed by atoms with E-state index in [4.69, 9.17) is 14.7 Å². The molecule has 0 bridgehead atoms. The van der Waals surface area contributed by atoms with Crippen LogP contribution in [-0.4, -0.2) is 18.9 Å². The van der Waals surface area contributed by atoms with Gasteiger partial charge in [0.1, 0.15) is 5.82 Å². The summed E-state index contributed by atoms with van der Waals surface area (Å²) < 4.78 is 11.1. The third kappa shape index (κ3) is 4.62. The first-order valence-electron chi connectivity index (χ1n) is 17.8. The van der Waals surface area contributed by atoms with E-state index in [-0.39, 0.29) is 25.8 Å². The van der Waals surface area contributed by atoms with Crippen LogP contribution in [0.3, 0.4) is 0 Å². The molecule has 1 aliphatic rings. The number of para-hydroxylation sites is 3. The molecule has 10 aromatic rings. The van der Waals surface area contributed by atoms with Crippen molar-refractivity contribution >= 4 is 66.3 Å². The van der Waals surface area contributed by atoms with Crippen LogP contribution in [0.25, 0.3) is 54.8 Å². The van der Waals surface area contributed by atoms with Crippen molar-refractivity contribution in [3.05, 3.63) is 175 Å². The second kappa shape index (κ2) is 12.1. The van der Waals surface area contributed by atoms with Crippen molar-refractivity contribution in [2.24, 2.45) is 0 Å².